The summed E-state index contributed by atoms with van der Waals surface area (Å²) in [4.78, 5) is 22.6. The summed E-state index contributed by atoms with van der Waals surface area (Å²) in [6, 6.07) is 0. The van der Waals surface area contributed by atoms with E-state index in [2.05, 4.69) is 12.2 Å². The molecule has 28 heavy (non-hydrogen) atoms. The number of carbonyl (C=O) groups is 2. The van der Waals surface area contributed by atoms with E-state index in [0.717, 1.165) is 19.3 Å². The van der Waals surface area contributed by atoms with Crippen molar-refractivity contribution in [2.75, 3.05) is 34.2 Å². The number of quaternary nitrogens is 1. The summed E-state index contributed by atoms with van der Waals surface area (Å²) in [6.07, 6.45) is 15.6. The molecule has 1 unspecified atom stereocenters. The summed E-state index contributed by atoms with van der Waals surface area (Å²) >= 11 is 0. The number of hydrogen-bond donors (Lipinski definition) is 2. The first kappa shape index (κ1) is 26.7. The van der Waals surface area contributed by atoms with Gasteiger partial charge in [0.05, 0.1) is 14.1 Å². The molecule has 0 rings (SSSR count). The standard InChI is InChI=1S/C22H44N2O4/c1-5-6-7-8-9-10-11-12-13-14-15-16-17-20(28-22(27)23-2)18-24(3,4)19-21(25)26/h20H,5-19H2,1-4H3,(H-,23,25,26,27)/p+1. The molecular weight excluding hydrogens is 356 g/mol. The van der Waals surface area contributed by atoms with Crippen LogP contribution >= 0.6 is 0 Å². The van der Waals surface area contributed by atoms with E-state index in [4.69, 9.17) is 9.84 Å². The fourth-order valence-electron chi connectivity index (χ4n) is 3.59. The molecule has 0 fully saturated rings. The molecule has 0 spiro atoms. The number of amides is 1. The predicted octanol–water partition coefficient (Wildman–Crippen LogP) is 4.96. The Bertz CT molecular complexity index is 413. The summed E-state index contributed by atoms with van der Waals surface area (Å²) in [5.41, 5.74) is 0. The van der Waals surface area contributed by atoms with E-state index < -0.39 is 12.1 Å². The lowest BCUT2D eigenvalue weighted by Gasteiger charge is -2.31. The first-order valence-corrected chi connectivity index (χ1v) is 11.2. The van der Waals surface area contributed by atoms with Gasteiger partial charge in [0.15, 0.2) is 12.6 Å². The fourth-order valence-corrected chi connectivity index (χ4v) is 3.59. The molecule has 0 saturated carbocycles. The van der Waals surface area contributed by atoms with Crippen molar-refractivity contribution in [3.8, 4) is 0 Å². The quantitative estimate of drug-likeness (QED) is 0.251. The van der Waals surface area contributed by atoms with Crippen LogP contribution < -0.4 is 5.32 Å². The number of nitrogens with one attached hydrogen (secondary N) is 1. The van der Waals surface area contributed by atoms with Crippen molar-refractivity contribution in [3.05, 3.63) is 0 Å². The first-order valence-electron chi connectivity index (χ1n) is 11.2. The summed E-state index contributed by atoms with van der Waals surface area (Å²) in [5, 5.41) is 11.5. The molecule has 0 heterocycles. The number of likely N-dealkylation sites (N-methyl/N-ethyl adjacent to an activating group) is 1. The summed E-state index contributed by atoms with van der Waals surface area (Å²) in [5.74, 6) is -0.839. The highest BCUT2D eigenvalue weighted by Gasteiger charge is 2.27. The van der Waals surface area contributed by atoms with Gasteiger partial charge in [-0.3, -0.25) is 0 Å². The number of ether oxygens (including phenoxy) is 1. The van der Waals surface area contributed by atoms with Gasteiger partial charge in [0.25, 0.3) is 0 Å². The number of aliphatic carboxylic acids is 1. The van der Waals surface area contributed by atoms with E-state index in [1.807, 2.05) is 14.1 Å². The maximum absolute atomic E-state index is 11.6. The highest BCUT2D eigenvalue weighted by atomic mass is 16.6. The average molecular weight is 402 g/mol. The third-order valence-electron chi connectivity index (χ3n) is 5.12. The molecule has 0 aromatic carbocycles. The monoisotopic (exact) mass is 401 g/mol. The van der Waals surface area contributed by atoms with Gasteiger partial charge in [0, 0.05) is 7.05 Å². The van der Waals surface area contributed by atoms with E-state index >= 15 is 0 Å². The Kier molecular flexibility index (Phi) is 15.9. The third-order valence-corrected chi connectivity index (χ3v) is 5.12. The van der Waals surface area contributed by atoms with Gasteiger partial charge in [-0.05, 0) is 12.8 Å². The van der Waals surface area contributed by atoms with Gasteiger partial charge < -0.3 is 19.6 Å². The molecule has 0 bridgehead atoms. The van der Waals surface area contributed by atoms with Crippen LogP contribution in [0.5, 0.6) is 0 Å². The van der Waals surface area contributed by atoms with Crippen molar-refractivity contribution < 1.29 is 23.9 Å². The van der Waals surface area contributed by atoms with Gasteiger partial charge in [0.2, 0.25) is 0 Å². The van der Waals surface area contributed by atoms with Crippen LogP contribution in [-0.2, 0) is 9.53 Å². The van der Waals surface area contributed by atoms with Gasteiger partial charge in [-0.15, -0.1) is 0 Å². The lowest BCUT2D eigenvalue weighted by atomic mass is 10.0. The minimum absolute atomic E-state index is 0.0199. The van der Waals surface area contributed by atoms with Crippen LogP contribution in [0.2, 0.25) is 0 Å². The summed E-state index contributed by atoms with van der Waals surface area (Å²) in [7, 11) is 5.26. The van der Waals surface area contributed by atoms with Crippen LogP contribution in [0.25, 0.3) is 0 Å². The molecule has 0 radical (unpaired) electrons. The number of carbonyl (C=O) groups excluding carboxylic acids is 1. The summed E-state index contributed by atoms with van der Waals surface area (Å²) in [6.45, 7) is 2.78. The van der Waals surface area contributed by atoms with Crippen LogP contribution in [0.3, 0.4) is 0 Å². The molecule has 1 atom stereocenters. The lowest BCUT2D eigenvalue weighted by molar-refractivity contribution is -0.886. The zero-order valence-corrected chi connectivity index (χ0v) is 18.8. The molecule has 6 nitrogen and oxygen atoms in total. The van der Waals surface area contributed by atoms with E-state index in [9.17, 15) is 9.59 Å². The SMILES string of the molecule is CCCCCCCCCCCCCCC(C[N+](C)(C)CC(=O)O)OC(=O)NC. The Morgan fingerprint density at radius 1 is 0.893 bits per heavy atom. The van der Waals surface area contributed by atoms with Gasteiger partial charge >= 0.3 is 12.1 Å². The lowest BCUT2D eigenvalue weighted by Crippen LogP contribution is -2.49. The zero-order chi connectivity index (χ0) is 21.3. The smallest absolute Gasteiger partial charge is 0.407 e. The molecular formula is C22H45N2O4+. The number of carboxylic acid groups (broad SMARTS) is 1. The molecule has 0 aliphatic heterocycles. The van der Waals surface area contributed by atoms with E-state index in [1.165, 1.54) is 64.2 Å². The van der Waals surface area contributed by atoms with E-state index in [1.54, 1.807) is 7.05 Å². The molecule has 6 heteroatoms. The maximum Gasteiger partial charge on any atom is 0.407 e. The largest absolute Gasteiger partial charge is 0.477 e. The second-order valence-corrected chi connectivity index (χ2v) is 8.63. The Balaban J connectivity index is 3.93. The Hall–Kier alpha value is -1.30. The van der Waals surface area contributed by atoms with Gasteiger partial charge in [-0.2, -0.15) is 0 Å². The molecule has 1 amide bonds. The van der Waals surface area contributed by atoms with Crippen molar-refractivity contribution in [1.29, 1.82) is 0 Å². The van der Waals surface area contributed by atoms with Crippen molar-refractivity contribution in [3.63, 3.8) is 0 Å². The Morgan fingerprint density at radius 3 is 1.79 bits per heavy atom. The van der Waals surface area contributed by atoms with Crippen molar-refractivity contribution in [1.82, 2.24) is 5.32 Å². The Labute approximate surface area is 172 Å². The maximum atomic E-state index is 11.6. The normalized spacial score (nSPS) is 12.6. The van der Waals surface area contributed by atoms with Crippen LogP contribution in [0.1, 0.15) is 90.4 Å². The second-order valence-electron chi connectivity index (χ2n) is 8.63. The average Bonchev–Trinajstić information content (AvgIpc) is 2.60. The number of hydrogen-bond acceptors (Lipinski definition) is 3. The highest BCUT2D eigenvalue weighted by Crippen LogP contribution is 2.15. The molecule has 0 aromatic heterocycles. The van der Waals surface area contributed by atoms with Crippen molar-refractivity contribution in [2.24, 2.45) is 0 Å². The number of unbranched alkanes of at least 4 members (excludes halogenated alkanes) is 11. The summed E-state index contributed by atoms with van der Waals surface area (Å²) < 4.78 is 5.76. The van der Waals surface area contributed by atoms with Crippen LogP contribution in [0.4, 0.5) is 4.79 Å². The first-order chi connectivity index (χ1) is 13.3. The molecule has 2 N–H and O–H groups in total. The molecule has 0 aliphatic rings. The number of alkyl carbamates (subject to hydrolysis) is 1. The van der Waals surface area contributed by atoms with Crippen LogP contribution in [-0.4, -0.2) is 62.0 Å². The number of carboxylic acids is 1. The van der Waals surface area contributed by atoms with Crippen molar-refractivity contribution in [2.45, 2.75) is 96.5 Å². The van der Waals surface area contributed by atoms with E-state index in [0.29, 0.717) is 11.0 Å². The van der Waals surface area contributed by atoms with Crippen LogP contribution in [0, 0.1) is 0 Å². The van der Waals surface area contributed by atoms with E-state index in [-0.39, 0.29) is 12.6 Å². The second kappa shape index (κ2) is 16.6. The highest BCUT2D eigenvalue weighted by molar-refractivity contribution is 5.68. The number of nitrogens with zero attached hydrogens (tertiary/aromatic N) is 1. The van der Waals surface area contributed by atoms with Gasteiger partial charge in [-0.25, -0.2) is 9.59 Å². The van der Waals surface area contributed by atoms with Gasteiger partial charge in [-0.1, -0.05) is 77.6 Å². The third kappa shape index (κ3) is 16.8. The van der Waals surface area contributed by atoms with Gasteiger partial charge in [0.1, 0.15) is 6.54 Å². The Morgan fingerprint density at radius 2 is 1.36 bits per heavy atom. The molecule has 166 valence electrons. The molecule has 0 aliphatic carbocycles. The zero-order valence-electron chi connectivity index (χ0n) is 18.8. The number of rotatable bonds is 18. The minimum atomic E-state index is -0.839. The molecule has 0 saturated heterocycles. The topological polar surface area (TPSA) is 75.6 Å². The minimum Gasteiger partial charge on any atom is -0.477 e. The van der Waals surface area contributed by atoms with Crippen molar-refractivity contribution >= 4 is 12.1 Å². The fraction of sp³-hybridized carbons (Fsp3) is 0.909. The molecule has 0 aromatic rings. The predicted molar refractivity (Wildman–Crippen MR) is 115 cm³/mol. The van der Waals surface area contributed by atoms with Crippen LogP contribution in [0.15, 0.2) is 0 Å².